The van der Waals surface area contributed by atoms with Crippen molar-refractivity contribution >= 4 is 22.4 Å². The first-order valence-corrected chi connectivity index (χ1v) is 9.00. The second-order valence-corrected chi connectivity index (χ2v) is 6.51. The zero-order chi connectivity index (χ0) is 18.5. The molecule has 0 aliphatic heterocycles. The zero-order valence-corrected chi connectivity index (χ0v) is 15.0. The van der Waals surface area contributed by atoms with Gasteiger partial charge in [0, 0.05) is 5.56 Å². The average molecular weight is 377 g/mol. The predicted molar refractivity (Wildman–Crippen MR) is 103 cm³/mol. The van der Waals surface area contributed by atoms with Crippen LogP contribution < -0.4 is 10.1 Å². The van der Waals surface area contributed by atoms with Gasteiger partial charge in [-0.15, -0.1) is 0 Å². The van der Waals surface area contributed by atoms with Crippen LogP contribution in [0.3, 0.4) is 0 Å². The molecule has 0 atom stereocenters. The van der Waals surface area contributed by atoms with E-state index in [4.69, 9.17) is 4.74 Å². The number of hydrogen-bond acceptors (Lipinski definition) is 6. The molecule has 4 rings (SSSR count). The smallest absolute Gasteiger partial charge is 0.264 e. The molecule has 2 aromatic carbocycles. The van der Waals surface area contributed by atoms with E-state index < -0.39 is 0 Å². The molecule has 0 saturated heterocycles. The normalized spacial score (nSPS) is 10.5. The number of rotatable bonds is 6. The van der Waals surface area contributed by atoms with Crippen LogP contribution in [-0.2, 0) is 4.79 Å². The molecule has 1 amide bonds. The lowest BCUT2D eigenvalue weighted by Crippen LogP contribution is -2.20. The zero-order valence-electron chi connectivity index (χ0n) is 14.1. The number of hydrogen-bond donors (Lipinski definition) is 1. The summed E-state index contributed by atoms with van der Waals surface area (Å²) in [7, 11) is 0. The Kier molecular flexibility index (Phi) is 4.88. The summed E-state index contributed by atoms with van der Waals surface area (Å²) >= 11 is 1.32. The molecule has 2 aromatic heterocycles. The van der Waals surface area contributed by atoms with Crippen LogP contribution in [-0.4, -0.2) is 32.3 Å². The quantitative estimate of drug-likeness (QED) is 0.557. The highest BCUT2D eigenvalue weighted by Crippen LogP contribution is 2.33. The fraction of sp³-hybridized carbons (Fsp3) is 0.0526. The second-order valence-electron chi connectivity index (χ2n) is 5.53. The Bertz CT molecular complexity index is 1020. The minimum absolute atomic E-state index is 0.0943. The Morgan fingerprint density at radius 3 is 2.52 bits per heavy atom. The summed E-state index contributed by atoms with van der Waals surface area (Å²) in [4.78, 5) is 20.8. The first kappa shape index (κ1) is 16.9. The van der Waals surface area contributed by atoms with Gasteiger partial charge in [0.1, 0.15) is 29.1 Å². The standard InChI is InChI=1S/C19H15N5O2S/c25-16(11-26-15-9-5-2-6-10-15)22-19-23-17(14-7-3-1-4-8-14)18(27-19)24-13-20-12-21-24/h1-10,12-13H,11H2,(H,22,23,25). The van der Waals surface area contributed by atoms with Gasteiger partial charge in [-0.3, -0.25) is 10.1 Å². The number of carbonyl (C=O) groups is 1. The maximum Gasteiger partial charge on any atom is 0.264 e. The minimum atomic E-state index is -0.280. The molecule has 4 aromatic rings. The Morgan fingerprint density at radius 2 is 1.81 bits per heavy atom. The number of amides is 1. The molecule has 1 N–H and O–H groups in total. The summed E-state index contributed by atoms with van der Waals surface area (Å²) in [6.45, 7) is -0.0943. The third-order valence-corrected chi connectivity index (χ3v) is 4.60. The Labute approximate surface area is 159 Å². The van der Waals surface area contributed by atoms with Crippen LogP contribution in [0, 0.1) is 0 Å². The topological polar surface area (TPSA) is 81.9 Å². The number of nitrogens with zero attached hydrogens (tertiary/aromatic N) is 4. The maximum atomic E-state index is 12.2. The fourth-order valence-corrected chi connectivity index (χ4v) is 3.37. The van der Waals surface area contributed by atoms with Crippen molar-refractivity contribution in [2.75, 3.05) is 11.9 Å². The van der Waals surface area contributed by atoms with Crippen molar-refractivity contribution in [3.05, 3.63) is 73.3 Å². The number of aromatic nitrogens is 4. The van der Waals surface area contributed by atoms with Gasteiger partial charge < -0.3 is 4.74 Å². The molecule has 8 heteroatoms. The van der Waals surface area contributed by atoms with Crippen LogP contribution in [0.15, 0.2) is 73.3 Å². The van der Waals surface area contributed by atoms with Crippen molar-refractivity contribution in [2.45, 2.75) is 0 Å². The summed E-state index contributed by atoms with van der Waals surface area (Å²) in [6, 6.07) is 18.9. The lowest BCUT2D eigenvalue weighted by Gasteiger charge is -2.05. The van der Waals surface area contributed by atoms with Gasteiger partial charge in [0.25, 0.3) is 5.91 Å². The largest absolute Gasteiger partial charge is 0.484 e. The molecule has 0 saturated carbocycles. The van der Waals surface area contributed by atoms with E-state index in [9.17, 15) is 4.79 Å². The molecular weight excluding hydrogens is 362 g/mol. The van der Waals surface area contributed by atoms with E-state index in [1.54, 1.807) is 23.1 Å². The summed E-state index contributed by atoms with van der Waals surface area (Å²) in [6.07, 6.45) is 3.06. The first-order valence-electron chi connectivity index (χ1n) is 8.18. The summed E-state index contributed by atoms with van der Waals surface area (Å²) in [5, 5.41) is 8.22. The molecule has 134 valence electrons. The molecule has 0 aliphatic rings. The monoisotopic (exact) mass is 377 g/mol. The lowest BCUT2D eigenvalue weighted by molar-refractivity contribution is -0.118. The molecule has 7 nitrogen and oxygen atoms in total. The van der Waals surface area contributed by atoms with Gasteiger partial charge in [0.2, 0.25) is 0 Å². The number of benzene rings is 2. The highest BCUT2D eigenvalue weighted by Gasteiger charge is 2.17. The molecule has 27 heavy (non-hydrogen) atoms. The Morgan fingerprint density at radius 1 is 1.07 bits per heavy atom. The third-order valence-electron chi connectivity index (χ3n) is 3.64. The number of para-hydroxylation sites is 1. The highest BCUT2D eigenvalue weighted by molar-refractivity contribution is 7.18. The van der Waals surface area contributed by atoms with Gasteiger partial charge in [0.15, 0.2) is 11.7 Å². The number of carbonyl (C=O) groups excluding carboxylic acids is 1. The van der Waals surface area contributed by atoms with Crippen molar-refractivity contribution in [1.29, 1.82) is 0 Å². The van der Waals surface area contributed by atoms with Crippen molar-refractivity contribution in [3.8, 4) is 22.0 Å². The molecule has 0 spiro atoms. The molecular formula is C19H15N5O2S. The van der Waals surface area contributed by atoms with E-state index in [0.29, 0.717) is 10.9 Å². The summed E-state index contributed by atoms with van der Waals surface area (Å²) in [5.74, 6) is 0.359. The highest BCUT2D eigenvalue weighted by atomic mass is 32.1. The van der Waals surface area contributed by atoms with Gasteiger partial charge in [-0.2, -0.15) is 5.10 Å². The van der Waals surface area contributed by atoms with Gasteiger partial charge in [-0.05, 0) is 12.1 Å². The predicted octanol–water partition coefficient (Wildman–Crippen LogP) is 3.41. The van der Waals surface area contributed by atoms with Crippen LogP contribution in [0.1, 0.15) is 0 Å². The Balaban J connectivity index is 1.54. The van der Waals surface area contributed by atoms with Gasteiger partial charge >= 0.3 is 0 Å². The van der Waals surface area contributed by atoms with Crippen LogP contribution in [0.25, 0.3) is 16.3 Å². The van der Waals surface area contributed by atoms with E-state index in [1.165, 1.54) is 17.7 Å². The van der Waals surface area contributed by atoms with Crippen molar-refractivity contribution < 1.29 is 9.53 Å². The molecule has 0 fully saturated rings. The molecule has 0 bridgehead atoms. The maximum absolute atomic E-state index is 12.2. The van der Waals surface area contributed by atoms with Crippen LogP contribution in [0.4, 0.5) is 5.13 Å². The molecule has 0 radical (unpaired) electrons. The second kappa shape index (κ2) is 7.79. The Hall–Kier alpha value is -3.52. The van der Waals surface area contributed by atoms with Gasteiger partial charge in [-0.1, -0.05) is 59.9 Å². The number of nitrogens with one attached hydrogen (secondary N) is 1. The first-order chi connectivity index (χ1) is 13.3. The SMILES string of the molecule is O=C(COc1ccccc1)Nc1nc(-c2ccccc2)c(-n2cncn2)s1. The summed E-state index contributed by atoms with van der Waals surface area (Å²) in [5.41, 5.74) is 1.66. The van der Waals surface area contributed by atoms with Crippen molar-refractivity contribution in [1.82, 2.24) is 19.7 Å². The van der Waals surface area contributed by atoms with Crippen molar-refractivity contribution in [2.24, 2.45) is 0 Å². The van der Waals surface area contributed by atoms with Crippen LogP contribution in [0.5, 0.6) is 5.75 Å². The van der Waals surface area contributed by atoms with Crippen LogP contribution in [0.2, 0.25) is 0 Å². The van der Waals surface area contributed by atoms with Gasteiger partial charge in [0.05, 0.1) is 0 Å². The molecule has 0 unspecified atom stereocenters. The lowest BCUT2D eigenvalue weighted by atomic mass is 10.2. The number of anilines is 1. The number of ether oxygens (including phenoxy) is 1. The average Bonchev–Trinajstić information content (AvgIpc) is 3.38. The number of thiazole rings is 1. The fourth-order valence-electron chi connectivity index (χ4n) is 2.44. The summed E-state index contributed by atoms with van der Waals surface area (Å²) < 4.78 is 7.11. The van der Waals surface area contributed by atoms with Crippen LogP contribution >= 0.6 is 11.3 Å². The molecule has 0 aliphatic carbocycles. The van der Waals surface area contributed by atoms with E-state index in [1.807, 2.05) is 48.5 Å². The van der Waals surface area contributed by atoms with E-state index >= 15 is 0 Å². The van der Waals surface area contributed by atoms with Crippen molar-refractivity contribution in [3.63, 3.8) is 0 Å². The van der Waals surface area contributed by atoms with E-state index in [-0.39, 0.29) is 12.5 Å². The van der Waals surface area contributed by atoms with E-state index in [0.717, 1.165) is 16.3 Å². The molecule has 2 heterocycles. The minimum Gasteiger partial charge on any atom is -0.484 e. The van der Waals surface area contributed by atoms with Gasteiger partial charge in [-0.25, -0.2) is 14.6 Å². The van der Waals surface area contributed by atoms with E-state index in [2.05, 4.69) is 20.4 Å². The third kappa shape index (κ3) is 4.01.